The van der Waals surface area contributed by atoms with E-state index in [0.717, 1.165) is 0 Å². The number of aromatic nitrogens is 4. The largest absolute Gasteiger partial charge is 1.00 e. The minimum absolute atomic E-state index is 0. The number of amides is 1. The molecule has 1 aromatic heterocycles. The Hall–Kier alpha value is -1.22. The Labute approximate surface area is 131 Å². The van der Waals surface area contributed by atoms with Gasteiger partial charge in [0.2, 0.25) is 4.77 Å². The van der Waals surface area contributed by atoms with Crippen molar-refractivity contribution in [2.24, 2.45) is 0 Å². The number of aromatic amines is 1. The topological polar surface area (TPSA) is 84.8 Å². The maximum absolute atomic E-state index is 11.1. The number of nitrogens with one attached hydrogen (secondary N) is 2. The third-order valence-corrected chi connectivity index (χ3v) is 2.27. The Kier molecular flexibility index (Phi) is 5.48. The van der Waals surface area contributed by atoms with Gasteiger partial charge in [0, 0.05) is 5.69 Å². The van der Waals surface area contributed by atoms with Gasteiger partial charge in [-0.1, -0.05) is 16.4 Å². The number of H-pyrrole nitrogens is 1. The normalized spacial score (nSPS) is 9.39. The quantitative estimate of drug-likeness (QED) is 0.521. The van der Waals surface area contributed by atoms with Crippen LogP contribution in [0.25, 0.3) is 5.69 Å². The Morgan fingerprint density at radius 2 is 2.39 bits per heavy atom. The number of carbonyl (C=O) groups is 1. The van der Waals surface area contributed by atoms with E-state index >= 15 is 0 Å². The van der Waals surface area contributed by atoms with Crippen molar-refractivity contribution in [2.45, 2.75) is 0 Å². The number of carbonyl (C=O) groups excluding carboxylic acids is 1. The molecule has 90 valence electrons. The Bertz CT molecular complexity index is 602. The summed E-state index contributed by atoms with van der Waals surface area (Å²) in [6.45, 7) is 0. The number of tetrazole rings is 1. The van der Waals surface area contributed by atoms with E-state index in [1.165, 1.54) is 11.8 Å². The van der Waals surface area contributed by atoms with E-state index in [1.807, 2.05) is 0 Å². The summed E-state index contributed by atoms with van der Waals surface area (Å²) in [4.78, 5) is 11.1. The first-order chi connectivity index (χ1) is 8.20. The van der Waals surface area contributed by atoms with Crippen LogP contribution in [-0.4, -0.2) is 33.4 Å². The summed E-state index contributed by atoms with van der Waals surface area (Å²) in [5, 5.41) is 12.4. The molecule has 0 aliphatic carbocycles. The molecule has 9 heteroatoms. The van der Waals surface area contributed by atoms with E-state index in [-0.39, 0.29) is 31.0 Å². The summed E-state index contributed by atoms with van der Waals surface area (Å²) in [5.41, 5.74) is 1.31. The van der Waals surface area contributed by atoms with Crippen molar-refractivity contribution in [1.29, 1.82) is 0 Å². The summed E-state index contributed by atoms with van der Waals surface area (Å²) in [6.07, 6.45) is -0.534. The number of hydrogen-bond donors (Lipinski definition) is 2. The average Bonchev–Trinajstić information content (AvgIpc) is 2.75. The third kappa shape index (κ3) is 3.39. The first-order valence-corrected chi connectivity index (χ1v) is 5.07. The van der Waals surface area contributed by atoms with Gasteiger partial charge in [-0.25, -0.2) is 9.48 Å². The van der Waals surface area contributed by atoms with Gasteiger partial charge in [0.1, 0.15) is 0 Å². The fourth-order valence-corrected chi connectivity index (χ4v) is 1.44. The molecule has 7 nitrogen and oxygen atoms in total. The van der Waals surface area contributed by atoms with Crippen LogP contribution in [0.2, 0.25) is 0 Å². The number of anilines is 1. The molecular formula is C9H10N5NaO2S. The van der Waals surface area contributed by atoms with Gasteiger partial charge in [-0.15, -0.1) is 0 Å². The summed E-state index contributed by atoms with van der Waals surface area (Å²) < 4.78 is 6.32. The zero-order valence-corrected chi connectivity index (χ0v) is 12.7. The number of hydrogen-bond acceptors (Lipinski definition) is 5. The molecule has 0 atom stereocenters. The number of rotatable bonds is 2. The van der Waals surface area contributed by atoms with Crippen molar-refractivity contribution in [3.8, 4) is 5.69 Å². The molecule has 0 unspecified atom stereocenters. The molecule has 0 aliphatic rings. The van der Waals surface area contributed by atoms with Crippen LogP contribution in [0.5, 0.6) is 0 Å². The summed E-state index contributed by atoms with van der Waals surface area (Å²) >= 11 is 4.97. The Morgan fingerprint density at radius 3 is 3.00 bits per heavy atom. The van der Waals surface area contributed by atoms with E-state index in [9.17, 15) is 4.79 Å². The monoisotopic (exact) mass is 275 g/mol. The maximum atomic E-state index is 11.1. The Morgan fingerprint density at radius 1 is 1.61 bits per heavy atom. The number of nitrogens with zero attached hydrogens (tertiary/aromatic N) is 3. The van der Waals surface area contributed by atoms with Crippen LogP contribution in [0, 0.1) is 4.77 Å². The van der Waals surface area contributed by atoms with E-state index in [1.54, 1.807) is 24.3 Å². The second kappa shape index (κ2) is 6.64. The van der Waals surface area contributed by atoms with Crippen LogP contribution in [0.15, 0.2) is 24.3 Å². The van der Waals surface area contributed by atoms with Crippen molar-refractivity contribution in [3.63, 3.8) is 0 Å². The molecule has 0 saturated heterocycles. The van der Waals surface area contributed by atoms with Crippen LogP contribution in [-0.2, 0) is 4.74 Å². The van der Waals surface area contributed by atoms with E-state index in [0.29, 0.717) is 16.1 Å². The van der Waals surface area contributed by atoms with Gasteiger partial charge < -0.3 is 6.16 Å². The minimum atomic E-state index is -0.534. The molecule has 0 radical (unpaired) electrons. The molecule has 0 fully saturated rings. The second-order valence-corrected chi connectivity index (χ2v) is 3.45. The van der Waals surface area contributed by atoms with Crippen LogP contribution in [0.1, 0.15) is 1.43 Å². The molecule has 1 heterocycles. The van der Waals surface area contributed by atoms with Crippen molar-refractivity contribution in [1.82, 2.24) is 20.2 Å². The fraction of sp³-hybridized carbons (Fsp3) is 0.111. The molecule has 0 saturated carbocycles. The standard InChI is InChI=1S/C9H9N5O2S.Na.H/c1-16-9(15)10-6-3-2-4-7(5-6)14-8(17)11-12-13-14;;/h2-5H,1H3,(H,10,15)(H,11,13,17);;/q;+1;-1. The van der Waals surface area contributed by atoms with Crippen molar-refractivity contribution >= 4 is 24.0 Å². The predicted octanol–water partition coefficient (Wildman–Crippen LogP) is -1.38. The van der Waals surface area contributed by atoms with Crippen molar-refractivity contribution in [2.75, 3.05) is 12.4 Å². The molecule has 2 rings (SSSR count). The van der Waals surface area contributed by atoms with E-state index < -0.39 is 6.09 Å². The van der Waals surface area contributed by atoms with Crippen LogP contribution in [0.4, 0.5) is 10.5 Å². The SMILES string of the molecule is COC(=O)Nc1cccc(-n2[nH]nnc2=S)c1.[H-].[Na+]. The second-order valence-electron chi connectivity index (χ2n) is 3.08. The molecule has 1 amide bonds. The van der Waals surface area contributed by atoms with Gasteiger partial charge in [-0.05, 0) is 30.4 Å². The van der Waals surface area contributed by atoms with Crippen LogP contribution in [0.3, 0.4) is 0 Å². The van der Waals surface area contributed by atoms with Gasteiger partial charge in [0.05, 0.1) is 12.8 Å². The molecular weight excluding hydrogens is 265 g/mol. The molecule has 0 bridgehead atoms. The first kappa shape index (κ1) is 14.8. The predicted molar refractivity (Wildman–Crippen MR) is 63.7 cm³/mol. The van der Waals surface area contributed by atoms with E-state index in [2.05, 4.69) is 25.6 Å². The number of ether oxygens (including phenoxy) is 1. The van der Waals surface area contributed by atoms with Gasteiger partial charge in [0.25, 0.3) is 0 Å². The van der Waals surface area contributed by atoms with E-state index in [4.69, 9.17) is 12.2 Å². The van der Waals surface area contributed by atoms with Gasteiger partial charge >= 0.3 is 35.7 Å². The molecule has 1 aromatic carbocycles. The zero-order valence-electron chi connectivity index (χ0n) is 10.9. The minimum Gasteiger partial charge on any atom is -1.00 e. The summed E-state index contributed by atoms with van der Waals surface area (Å²) in [5.74, 6) is 0. The summed E-state index contributed by atoms with van der Waals surface area (Å²) in [6, 6.07) is 7.02. The van der Waals surface area contributed by atoms with Crippen molar-refractivity contribution in [3.05, 3.63) is 29.0 Å². The van der Waals surface area contributed by atoms with Gasteiger partial charge in [-0.3, -0.25) is 5.32 Å². The van der Waals surface area contributed by atoms with Crippen LogP contribution < -0.4 is 34.9 Å². The third-order valence-electron chi connectivity index (χ3n) is 2.01. The van der Waals surface area contributed by atoms with Gasteiger partial charge in [-0.2, -0.15) is 5.21 Å². The number of benzene rings is 1. The van der Waals surface area contributed by atoms with Crippen LogP contribution >= 0.6 is 12.2 Å². The average molecular weight is 275 g/mol. The molecule has 2 aromatic rings. The van der Waals surface area contributed by atoms with Gasteiger partial charge in [0.15, 0.2) is 0 Å². The first-order valence-electron chi connectivity index (χ1n) is 4.66. The maximum Gasteiger partial charge on any atom is 1.00 e. The molecule has 0 spiro atoms. The fourth-order valence-electron chi connectivity index (χ4n) is 1.26. The molecule has 2 N–H and O–H groups in total. The molecule has 18 heavy (non-hydrogen) atoms. The summed E-state index contributed by atoms with van der Waals surface area (Å²) in [7, 11) is 1.30. The number of methoxy groups -OCH3 is 1. The smallest absolute Gasteiger partial charge is 1.00 e. The Balaban J connectivity index is 0.00000162. The zero-order chi connectivity index (χ0) is 12.3. The van der Waals surface area contributed by atoms with Crippen molar-refractivity contribution < 1.29 is 40.5 Å². The molecule has 0 aliphatic heterocycles.